The van der Waals surface area contributed by atoms with E-state index in [9.17, 15) is 0 Å². The summed E-state index contributed by atoms with van der Waals surface area (Å²) in [5, 5.41) is 0. The second-order valence-electron chi connectivity index (χ2n) is 6.07. The quantitative estimate of drug-likeness (QED) is 0.872. The topological polar surface area (TPSA) is 34.6 Å². The molecule has 2 aliphatic heterocycles. The Labute approximate surface area is 130 Å². The fourth-order valence-corrected chi connectivity index (χ4v) is 3.15. The molecule has 0 aliphatic carbocycles. The van der Waals surface area contributed by atoms with Crippen LogP contribution >= 0.6 is 0 Å². The molecule has 0 atom stereocenters. The van der Waals surface area contributed by atoms with Crippen molar-refractivity contribution in [1.82, 2.24) is 9.88 Å². The third-order valence-electron chi connectivity index (χ3n) is 4.46. The number of hydrogen-bond donors (Lipinski definition) is 0. The third-order valence-corrected chi connectivity index (χ3v) is 4.46. The highest BCUT2D eigenvalue weighted by Crippen LogP contribution is 2.35. The maximum atomic E-state index is 5.69. The van der Waals surface area contributed by atoms with E-state index >= 15 is 0 Å². The van der Waals surface area contributed by atoms with E-state index in [4.69, 9.17) is 9.47 Å². The van der Waals surface area contributed by atoms with Gasteiger partial charge in [0.1, 0.15) is 13.2 Å². The van der Waals surface area contributed by atoms with Gasteiger partial charge in [-0.2, -0.15) is 0 Å². The lowest BCUT2D eigenvalue weighted by molar-refractivity contribution is 0.136. The van der Waals surface area contributed by atoms with Gasteiger partial charge in [-0.15, -0.1) is 0 Å². The first kappa shape index (κ1) is 13.6. The van der Waals surface area contributed by atoms with Crippen LogP contribution in [-0.4, -0.2) is 36.2 Å². The molecule has 114 valence electrons. The molecule has 2 aliphatic rings. The Morgan fingerprint density at radius 2 is 1.91 bits per heavy atom. The van der Waals surface area contributed by atoms with Crippen molar-refractivity contribution < 1.29 is 9.47 Å². The molecule has 1 aromatic heterocycles. The Kier molecular flexibility index (Phi) is 3.47. The molecule has 0 spiro atoms. The molecule has 2 aromatic rings. The number of rotatable bonds is 3. The van der Waals surface area contributed by atoms with E-state index in [1.165, 1.54) is 16.8 Å². The van der Waals surface area contributed by atoms with E-state index in [0.29, 0.717) is 19.1 Å². The van der Waals surface area contributed by atoms with Crippen LogP contribution in [0.25, 0.3) is 0 Å². The van der Waals surface area contributed by atoms with Crippen molar-refractivity contribution in [2.75, 3.05) is 26.3 Å². The number of fused-ring (bicyclic) bond motifs is 1. The smallest absolute Gasteiger partial charge is 0.161 e. The number of nitrogens with zero attached hydrogens (tertiary/aromatic N) is 2. The summed E-state index contributed by atoms with van der Waals surface area (Å²) in [4.78, 5) is 6.91. The average molecular weight is 296 g/mol. The van der Waals surface area contributed by atoms with Crippen LogP contribution in [0, 0.1) is 6.92 Å². The van der Waals surface area contributed by atoms with Gasteiger partial charge < -0.3 is 9.47 Å². The Morgan fingerprint density at radius 3 is 2.64 bits per heavy atom. The van der Waals surface area contributed by atoms with Crippen LogP contribution in [0.15, 0.2) is 36.5 Å². The summed E-state index contributed by atoms with van der Waals surface area (Å²) in [6.07, 6.45) is 1.88. The summed E-state index contributed by atoms with van der Waals surface area (Å²) >= 11 is 0. The van der Waals surface area contributed by atoms with E-state index in [1.54, 1.807) is 0 Å². The molecular formula is C18H20N2O2. The predicted molar refractivity (Wildman–Crippen MR) is 84.4 cm³/mol. The molecule has 0 radical (unpaired) electrons. The van der Waals surface area contributed by atoms with Crippen LogP contribution in [0.4, 0.5) is 0 Å². The highest BCUT2D eigenvalue weighted by atomic mass is 16.6. The van der Waals surface area contributed by atoms with Crippen LogP contribution in [0.5, 0.6) is 11.5 Å². The first-order chi connectivity index (χ1) is 10.8. The Bertz CT molecular complexity index is 666. The fraction of sp³-hybridized carbons (Fsp3) is 0.389. The monoisotopic (exact) mass is 296 g/mol. The Hall–Kier alpha value is -2.07. The average Bonchev–Trinajstić information content (AvgIpc) is 2.51. The van der Waals surface area contributed by atoms with E-state index in [-0.39, 0.29) is 0 Å². The molecule has 4 rings (SSSR count). The van der Waals surface area contributed by atoms with E-state index in [2.05, 4.69) is 41.1 Å². The third kappa shape index (κ3) is 2.55. The molecule has 4 heteroatoms. The van der Waals surface area contributed by atoms with Gasteiger partial charge in [0.15, 0.2) is 11.5 Å². The number of aryl methyl sites for hydroxylation is 1. The number of pyridine rings is 1. The van der Waals surface area contributed by atoms with Crippen LogP contribution in [0.1, 0.15) is 22.7 Å². The molecule has 0 N–H and O–H groups in total. The van der Waals surface area contributed by atoms with Gasteiger partial charge >= 0.3 is 0 Å². The fourth-order valence-electron chi connectivity index (χ4n) is 3.15. The SMILES string of the molecule is Cc1cc2c(cc1CN1CC(c3ccccn3)C1)OCCO2. The van der Waals surface area contributed by atoms with Crippen molar-refractivity contribution in [3.05, 3.63) is 53.3 Å². The lowest BCUT2D eigenvalue weighted by Crippen LogP contribution is -2.44. The minimum absolute atomic E-state index is 0.568. The molecule has 1 saturated heterocycles. The summed E-state index contributed by atoms with van der Waals surface area (Å²) < 4.78 is 11.3. The van der Waals surface area contributed by atoms with Crippen LogP contribution in [0.2, 0.25) is 0 Å². The van der Waals surface area contributed by atoms with Crippen LogP contribution < -0.4 is 9.47 Å². The van der Waals surface area contributed by atoms with Gasteiger partial charge in [0.05, 0.1) is 0 Å². The molecule has 0 saturated carbocycles. The number of likely N-dealkylation sites (tertiary alicyclic amines) is 1. The molecule has 4 nitrogen and oxygen atoms in total. The maximum absolute atomic E-state index is 5.69. The van der Waals surface area contributed by atoms with Crippen molar-refractivity contribution in [2.24, 2.45) is 0 Å². The van der Waals surface area contributed by atoms with Gasteiger partial charge in [-0.25, -0.2) is 0 Å². The second-order valence-corrected chi connectivity index (χ2v) is 6.07. The Morgan fingerprint density at radius 1 is 1.14 bits per heavy atom. The molecule has 0 bridgehead atoms. The van der Waals surface area contributed by atoms with Gasteiger partial charge in [0, 0.05) is 37.4 Å². The summed E-state index contributed by atoms with van der Waals surface area (Å²) in [5.74, 6) is 2.33. The highest BCUT2D eigenvalue weighted by molar-refractivity contribution is 5.47. The van der Waals surface area contributed by atoms with E-state index in [1.807, 2.05) is 12.3 Å². The minimum atomic E-state index is 0.568. The summed E-state index contributed by atoms with van der Waals surface area (Å²) in [5.41, 5.74) is 3.80. The van der Waals surface area contributed by atoms with Gasteiger partial charge in [0.25, 0.3) is 0 Å². The molecule has 1 aromatic carbocycles. The van der Waals surface area contributed by atoms with Crippen molar-refractivity contribution in [1.29, 1.82) is 0 Å². The zero-order valence-corrected chi connectivity index (χ0v) is 12.8. The first-order valence-electron chi connectivity index (χ1n) is 7.82. The number of benzene rings is 1. The molecule has 0 amide bonds. The molecule has 1 fully saturated rings. The lowest BCUT2D eigenvalue weighted by Gasteiger charge is -2.39. The summed E-state index contributed by atoms with van der Waals surface area (Å²) in [6, 6.07) is 10.4. The van der Waals surface area contributed by atoms with E-state index < -0.39 is 0 Å². The van der Waals surface area contributed by atoms with Crippen LogP contribution in [-0.2, 0) is 6.54 Å². The lowest BCUT2D eigenvalue weighted by atomic mass is 9.94. The zero-order valence-electron chi connectivity index (χ0n) is 12.8. The predicted octanol–water partition coefficient (Wildman–Crippen LogP) is 2.76. The van der Waals surface area contributed by atoms with Crippen molar-refractivity contribution >= 4 is 0 Å². The largest absolute Gasteiger partial charge is 0.486 e. The van der Waals surface area contributed by atoms with Gasteiger partial charge in [-0.1, -0.05) is 6.07 Å². The summed E-state index contributed by atoms with van der Waals surface area (Å²) in [6.45, 7) is 6.54. The van der Waals surface area contributed by atoms with E-state index in [0.717, 1.165) is 31.1 Å². The summed E-state index contributed by atoms with van der Waals surface area (Å²) in [7, 11) is 0. The van der Waals surface area contributed by atoms with Crippen molar-refractivity contribution in [3.63, 3.8) is 0 Å². The highest BCUT2D eigenvalue weighted by Gasteiger charge is 2.29. The maximum Gasteiger partial charge on any atom is 0.161 e. The molecule has 22 heavy (non-hydrogen) atoms. The Balaban J connectivity index is 1.43. The van der Waals surface area contributed by atoms with Gasteiger partial charge in [-0.3, -0.25) is 9.88 Å². The standard InChI is InChI=1S/C18H20N2O2/c1-13-8-17-18(22-7-6-21-17)9-14(13)10-20-11-15(12-20)16-4-2-3-5-19-16/h2-5,8-9,15H,6-7,10-12H2,1H3. The molecular weight excluding hydrogens is 276 g/mol. The van der Waals surface area contributed by atoms with Crippen molar-refractivity contribution in [2.45, 2.75) is 19.4 Å². The minimum Gasteiger partial charge on any atom is -0.486 e. The number of hydrogen-bond acceptors (Lipinski definition) is 4. The second kappa shape index (κ2) is 5.61. The number of aromatic nitrogens is 1. The molecule has 3 heterocycles. The zero-order chi connectivity index (χ0) is 14.9. The van der Waals surface area contributed by atoms with Gasteiger partial charge in [-0.05, 0) is 42.3 Å². The normalized spacial score (nSPS) is 18.0. The molecule has 0 unspecified atom stereocenters. The first-order valence-corrected chi connectivity index (χ1v) is 7.82. The van der Waals surface area contributed by atoms with Crippen molar-refractivity contribution in [3.8, 4) is 11.5 Å². The van der Waals surface area contributed by atoms with Gasteiger partial charge in [0.2, 0.25) is 0 Å². The van der Waals surface area contributed by atoms with Crippen LogP contribution in [0.3, 0.4) is 0 Å². The number of ether oxygens (including phenoxy) is 2.